The number of benzene rings is 9. The molecule has 0 aliphatic rings. The van der Waals surface area contributed by atoms with Crippen molar-refractivity contribution in [3.05, 3.63) is 188 Å². The molecule has 1 nitrogen and oxygen atoms in total. The van der Waals surface area contributed by atoms with Crippen molar-refractivity contribution in [1.29, 1.82) is 0 Å². The lowest BCUT2D eigenvalue weighted by Crippen LogP contribution is -2.10. The Morgan fingerprint density at radius 2 is 0.980 bits per heavy atom. The summed E-state index contributed by atoms with van der Waals surface area (Å²) in [6.07, 6.45) is 0. The average molecular weight is 654 g/mol. The van der Waals surface area contributed by atoms with Crippen LogP contribution in [0.4, 0.5) is 17.1 Å². The van der Waals surface area contributed by atoms with Gasteiger partial charge in [-0.3, -0.25) is 0 Å². The van der Waals surface area contributed by atoms with E-state index in [0.29, 0.717) is 0 Å². The minimum Gasteiger partial charge on any atom is -0.310 e. The molecule has 1 aromatic heterocycles. The molecule has 0 bridgehead atoms. The van der Waals surface area contributed by atoms with E-state index in [1.165, 1.54) is 80.4 Å². The minimum absolute atomic E-state index is 1.12. The van der Waals surface area contributed by atoms with Crippen LogP contribution >= 0.6 is 11.3 Å². The number of fused-ring (bicyclic) bond motifs is 7. The average Bonchev–Trinajstić information content (AvgIpc) is 3.58. The fourth-order valence-corrected chi connectivity index (χ4v) is 8.92. The van der Waals surface area contributed by atoms with Gasteiger partial charge in [0.25, 0.3) is 0 Å². The zero-order chi connectivity index (χ0) is 33.0. The monoisotopic (exact) mass is 653 g/mol. The molecule has 9 aromatic carbocycles. The van der Waals surface area contributed by atoms with Crippen molar-refractivity contribution in [2.75, 3.05) is 4.90 Å². The van der Waals surface area contributed by atoms with Gasteiger partial charge in [0.15, 0.2) is 0 Å². The molecule has 50 heavy (non-hydrogen) atoms. The van der Waals surface area contributed by atoms with Gasteiger partial charge in [0.1, 0.15) is 0 Å². The van der Waals surface area contributed by atoms with E-state index in [0.717, 1.165) is 11.4 Å². The van der Waals surface area contributed by atoms with Gasteiger partial charge in [0.2, 0.25) is 0 Å². The summed E-state index contributed by atoms with van der Waals surface area (Å²) in [5.41, 5.74) is 8.39. The van der Waals surface area contributed by atoms with Crippen LogP contribution in [0.15, 0.2) is 188 Å². The van der Waals surface area contributed by atoms with Crippen molar-refractivity contribution >= 4 is 80.9 Å². The molecule has 1 heterocycles. The minimum atomic E-state index is 1.12. The second-order valence-corrected chi connectivity index (χ2v) is 14.0. The first kappa shape index (κ1) is 28.8. The first-order chi connectivity index (χ1) is 24.8. The van der Waals surface area contributed by atoms with Crippen LogP contribution in [-0.2, 0) is 0 Å². The van der Waals surface area contributed by atoms with Crippen LogP contribution in [0.3, 0.4) is 0 Å². The van der Waals surface area contributed by atoms with E-state index < -0.39 is 0 Å². The molecule has 0 fully saturated rings. The van der Waals surface area contributed by atoms with Crippen LogP contribution < -0.4 is 4.90 Å². The molecule has 0 aliphatic carbocycles. The largest absolute Gasteiger partial charge is 0.310 e. The molecule has 0 atom stereocenters. The summed E-state index contributed by atoms with van der Waals surface area (Å²) in [6, 6.07) is 68.7. The Morgan fingerprint density at radius 1 is 0.360 bits per heavy atom. The third kappa shape index (κ3) is 4.69. The first-order valence-electron chi connectivity index (χ1n) is 17.1. The van der Waals surface area contributed by atoms with Gasteiger partial charge >= 0.3 is 0 Å². The standard InChI is InChI=1S/C48H31NS/c1-2-12-32(13-3-1)34-24-27-37(28-25-34)49(38-29-26-33-14-4-5-16-36(33)30-38)45-31-44-47-42(40-21-10-17-35-15-6-7-18-39(35)40)22-11-23-46(47)50-48(44)43-20-9-8-19-41(43)45/h1-31H. The van der Waals surface area contributed by atoms with Crippen molar-refractivity contribution in [1.82, 2.24) is 0 Å². The molecule has 2 heteroatoms. The fraction of sp³-hybridized carbons (Fsp3) is 0. The van der Waals surface area contributed by atoms with Gasteiger partial charge in [0.05, 0.1) is 5.69 Å². The Bertz CT molecular complexity index is 2860. The predicted molar refractivity (Wildman–Crippen MR) is 217 cm³/mol. The second kappa shape index (κ2) is 11.7. The molecule has 0 amide bonds. The van der Waals surface area contributed by atoms with Crippen molar-refractivity contribution < 1.29 is 0 Å². The molecule has 0 saturated carbocycles. The maximum Gasteiger partial charge on any atom is 0.0547 e. The highest BCUT2D eigenvalue weighted by Gasteiger charge is 2.21. The van der Waals surface area contributed by atoms with Crippen LogP contribution in [0.2, 0.25) is 0 Å². The van der Waals surface area contributed by atoms with Crippen LogP contribution in [-0.4, -0.2) is 0 Å². The van der Waals surface area contributed by atoms with E-state index in [9.17, 15) is 0 Å². The Hall–Kier alpha value is -6.22. The molecule has 0 unspecified atom stereocenters. The van der Waals surface area contributed by atoms with Gasteiger partial charge in [-0.05, 0) is 80.2 Å². The highest BCUT2D eigenvalue weighted by Crippen LogP contribution is 2.49. The van der Waals surface area contributed by atoms with Crippen molar-refractivity contribution in [3.8, 4) is 22.3 Å². The van der Waals surface area contributed by atoms with E-state index in [4.69, 9.17) is 0 Å². The smallest absolute Gasteiger partial charge is 0.0547 e. The Morgan fingerprint density at radius 3 is 1.82 bits per heavy atom. The Labute approximate surface area is 294 Å². The quantitative estimate of drug-likeness (QED) is 0.179. The lowest BCUT2D eigenvalue weighted by Gasteiger charge is -2.28. The number of rotatable bonds is 5. The van der Waals surface area contributed by atoms with Crippen LogP contribution in [0.1, 0.15) is 0 Å². The van der Waals surface area contributed by atoms with Crippen LogP contribution in [0.5, 0.6) is 0 Å². The summed E-state index contributed by atoms with van der Waals surface area (Å²) in [7, 11) is 0. The molecule has 0 saturated heterocycles. The van der Waals surface area contributed by atoms with Crippen molar-refractivity contribution in [2.24, 2.45) is 0 Å². The van der Waals surface area contributed by atoms with E-state index in [-0.39, 0.29) is 0 Å². The molecular weight excluding hydrogens is 623 g/mol. The normalized spacial score (nSPS) is 11.6. The third-order valence-corrected chi connectivity index (χ3v) is 11.2. The van der Waals surface area contributed by atoms with Crippen molar-refractivity contribution in [3.63, 3.8) is 0 Å². The maximum atomic E-state index is 2.45. The number of nitrogens with zero attached hydrogens (tertiary/aromatic N) is 1. The molecule has 10 aromatic rings. The number of thiophene rings is 1. The topological polar surface area (TPSA) is 3.24 Å². The fourth-order valence-electron chi connectivity index (χ4n) is 7.68. The summed E-state index contributed by atoms with van der Waals surface area (Å²) in [4.78, 5) is 2.45. The van der Waals surface area contributed by atoms with Gasteiger partial charge in [-0.25, -0.2) is 0 Å². The predicted octanol–water partition coefficient (Wildman–Crippen LogP) is 14.3. The molecule has 0 aliphatic heterocycles. The van der Waals surface area contributed by atoms with E-state index in [1.807, 2.05) is 11.3 Å². The van der Waals surface area contributed by atoms with E-state index >= 15 is 0 Å². The zero-order valence-corrected chi connectivity index (χ0v) is 28.1. The Balaban J connectivity index is 1.27. The molecule has 0 N–H and O–H groups in total. The van der Waals surface area contributed by atoms with Gasteiger partial charge < -0.3 is 4.90 Å². The van der Waals surface area contributed by atoms with Gasteiger partial charge in [-0.1, -0.05) is 152 Å². The molecular formula is C48H31NS. The number of anilines is 3. The second-order valence-electron chi connectivity index (χ2n) is 12.9. The third-order valence-electron chi connectivity index (χ3n) is 10.0. The highest BCUT2D eigenvalue weighted by atomic mass is 32.1. The van der Waals surface area contributed by atoms with Crippen molar-refractivity contribution in [2.45, 2.75) is 0 Å². The number of hydrogen-bond acceptors (Lipinski definition) is 2. The highest BCUT2D eigenvalue weighted by molar-refractivity contribution is 7.26. The lowest BCUT2D eigenvalue weighted by molar-refractivity contribution is 1.31. The summed E-state index contributed by atoms with van der Waals surface area (Å²) < 4.78 is 2.63. The lowest BCUT2D eigenvalue weighted by atomic mass is 9.93. The van der Waals surface area contributed by atoms with Gasteiger partial charge in [-0.15, -0.1) is 11.3 Å². The summed E-state index contributed by atoms with van der Waals surface area (Å²) in [5, 5.41) is 10.1. The van der Waals surface area contributed by atoms with Crippen LogP contribution in [0.25, 0.3) is 74.7 Å². The molecule has 234 valence electrons. The molecule has 10 rings (SSSR count). The van der Waals surface area contributed by atoms with E-state index in [2.05, 4.69) is 193 Å². The molecule has 0 spiro atoms. The first-order valence-corrected chi connectivity index (χ1v) is 17.9. The number of hydrogen-bond donors (Lipinski definition) is 0. The van der Waals surface area contributed by atoms with Gasteiger partial charge in [0, 0.05) is 42.3 Å². The van der Waals surface area contributed by atoms with Gasteiger partial charge in [-0.2, -0.15) is 0 Å². The maximum absolute atomic E-state index is 2.45. The molecule has 0 radical (unpaired) electrons. The summed E-state index contributed by atoms with van der Waals surface area (Å²) in [6.45, 7) is 0. The summed E-state index contributed by atoms with van der Waals surface area (Å²) >= 11 is 1.90. The van der Waals surface area contributed by atoms with Crippen LogP contribution in [0, 0.1) is 0 Å². The summed E-state index contributed by atoms with van der Waals surface area (Å²) in [5.74, 6) is 0. The zero-order valence-electron chi connectivity index (χ0n) is 27.3. The Kier molecular flexibility index (Phi) is 6.75. The van der Waals surface area contributed by atoms with E-state index in [1.54, 1.807) is 0 Å². The SMILES string of the molecule is c1ccc(-c2ccc(N(c3ccc4ccccc4c3)c3cc4c(sc5cccc(-c6cccc7ccccc67)c54)c4ccccc34)cc2)cc1.